The highest BCUT2D eigenvalue weighted by Crippen LogP contribution is 2.50. The fourth-order valence-corrected chi connectivity index (χ4v) is 2.85. The number of ether oxygens (including phenoxy) is 2. The van der Waals surface area contributed by atoms with E-state index >= 15 is 0 Å². The molecule has 0 radical (unpaired) electrons. The number of rotatable bonds is 2. The van der Waals surface area contributed by atoms with Gasteiger partial charge in [0.1, 0.15) is 0 Å². The van der Waals surface area contributed by atoms with E-state index in [0.29, 0.717) is 29.7 Å². The van der Waals surface area contributed by atoms with E-state index in [2.05, 4.69) is 0 Å². The monoisotopic (exact) mass is 468 g/mol. The van der Waals surface area contributed by atoms with Crippen LogP contribution in [-0.4, -0.2) is 62.8 Å². The van der Waals surface area contributed by atoms with E-state index in [1.165, 1.54) is 26.4 Å². The molecule has 2 aromatic carbocycles. The molecule has 0 atom stereocenters. The van der Waals surface area contributed by atoms with Crippen molar-refractivity contribution < 1.29 is 54.5 Å². The van der Waals surface area contributed by atoms with Gasteiger partial charge < -0.3 is 40.1 Å². The number of aromatic hydroxyl groups is 3. The summed E-state index contributed by atoms with van der Waals surface area (Å²) in [5.74, 6) is -2.15. The molecule has 182 valence electrons. The number of phenols is 3. The Morgan fingerprint density at radius 1 is 0.727 bits per heavy atom. The van der Waals surface area contributed by atoms with Crippen LogP contribution in [0.5, 0.6) is 28.7 Å². The van der Waals surface area contributed by atoms with Gasteiger partial charge in [0.25, 0.3) is 17.9 Å². The molecule has 0 aliphatic heterocycles. The highest BCUT2D eigenvalue weighted by atomic mass is 16.5. The summed E-state index contributed by atoms with van der Waals surface area (Å²) in [6.45, 7) is 3.25. The number of carbonyl (C=O) groups is 3. The third-order valence-corrected chi connectivity index (χ3v) is 3.86. The van der Waals surface area contributed by atoms with Crippen molar-refractivity contribution in [1.82, 2.24) is 0 Å². The van der Waals surface area contributed by atoms with E-state index < -0.39 is 17.9 Å². The van der Waals surface area contributed by atoms with Gasteiger partial charge in [0.2, 0.25) is 5.75 Å². The number of benzene rings is 2. The number of methoxy groups -OCH3 is 2. The lowest BCUT2D eigenvalue weighted by Gasteiger charge is -2.23. The molecule has 0 heterocycles. The van der Waals surface area contributed by atoms with Gasteiger partial charge in [0.15, 0.2) is 23.0 Å². The van der Waals surface area contributed by atoms with Crippen LogP contribution in [0.25, 0.3) is 11.1 Å². The van der Waals surface area contributed by atoms with Crippen molar-refractivity contribution in [1.29, 1.82) is 0 Å². The van der Waals surface area contributed by atoms with E-state index in [1.807, 2.05) is 6.07 Å². The Kier molecular flexibility index (Phi) is 11.6. The first-order valence-corrected chi connectivity index (χ1v) is 9.37. The van der Waals surface area contributed by atoms with Crippen LogP contribution in [0.15, 0.2) is 18.2 Å². The van der Waals surface area contributed by atoms with Crippen molar-refractivity contribution in [3.63, 3.8) is 0 Å². The van der Waals surface area contributed by atoms with E-state index in [0.717, 1.165) is 31.9 Å². The maximum Gasteiger partial charge on any atom is 0.300 e. The second kappa shape index (κ2) is 13.3. The van der Waals surface area contributed by atoms with Crippen LogP contribution in [0.2, 0.25) is 0 Å². The van der Waals surface area contributed by atoms with Crippen molar-refractivity contribution in [2.24, 2.45) is 0 Å². The topological polar surface area (TPSA) is 191 Å². The van der Waals surface area contributed by atoms with Crippen molar-refractivity contribution >= 4 is 17.9 Å². The third-order valence-electron chi connectivity index (χ3n) is 3.86. The van der Waals surface area contributed by atoms with Crippen LogP contribution >= 0.6 is 0 Å². The number of hydrogen-bond donors (Lipinski definition) is 6. The first kappa shape index (κ1) is 28.9. The molecule has 2 aromatic rings. The maximum absolute atomic E-state index is 10.5. The van der Waals surface area contributed by atoms with Gasteiger partial charge in [-0.15, -0.1) is 0 Å². The smallest absolute Gasteiger partial charge is 0.300 e. The quantitative estimate of drug-likeness (QED) is 0.355. The molecule has 1 aliphatic carbocycles. The first-order chi connectivity index (χ1) is 15.3. The molecule has 11 heteroatoms. The summed E-state index contributed by atoms with van der Waals surface area (Å²) in [5.41, 5.74) is 3.11. The van der Waals surface area contributed by atoms with Gasteiger partial charge in [0, 0.05) is 26.3 Å². The molecular weight excluding hydrogens is 440 g/mol. The Labute approximate surface area is 190 Å². The summed E-state index contributed by atoms with van der Waals surface area (Å²) in [6, 6.07) is 4.83. The van der Waals surface area contributed by atoms with Crippen LogP contribution in [-0.2, 0) is 27.2 Å². The number of carboxylic acids is 3. The summed E-state index contributed by atoms with van der Waals surface area (Å²) >= 11 is 0. The molecular formula is C22H28O11. The highest BCUT2D eigenvalue weighted by Gasteiger charge is 2.26. The lowest BCUT2D eigenvalue weighted by Crippen LogP contribution is -2.06. The molecule has 6 N–H and O–H groups in total. The van der Waals surface area contributed by atoms with Gasteiger partial charge in [-0.2, -0.15) is 0 Å². The Bertz CT molecular complexity index is 956. The number of aryl methyl sites for hydroxylation is 2. The second-order valence-corrected chi connectivity index (χ2v) is 6.55. The van der Waals surface area contributed by atoms with E-state index in [4.69, 9.17) is 39.2 Å². The molecule has 11 nitrogen and oxygen atoms in total. The Morgan fingerprint density at radius 2 is 1.15 bits per heavy atom. The van der Waals surface area contributed by atoms with Crippen LogP contribution < -0.4 is 9.47 Å². The minimum absolute atomic E-state index is 0.0158. The maximum atomic E-state index is 10.5. The molecule has 0 spiro atoms. The van der Waals surface area contributed by atoms with Gasteiger partial charge in [-0.05, 0) is 47.7 Å². The van der Waals surface area contributed by atoms with Gasteiger partial charge in [-0.3, -0.25) is 14.4 Å². The van der Waals surface area contributed by atoms with Gasteiger partial charge >= 0.3 is 0 Å². The van der Waals surface area contributed by atoms with E-state index in [1.54, 1.807) is 0 Å². The molecule has 0 unspecified atom stereocenters. The number of aliphatic carboxylic acids is 3. The van der Waals surface area contributed by atoms with Crippen molar-refractivity contribution in [3.05, 3.63) is 29.3 Å². The van der Waals surface area contributed by atoms with Crippen LogP contribution in [0.4, 0.5) is 0 Å². The van der Waals surface area contributed by atoms with Crippen molar-refractivity contribution in [3.8, 4) is 39.9 Å². The third kappa shape index (κ3) is 9.25. The zero-order chi connectivity index (χ0) is 25.9. The molecule has 0 saturated heterocycles. The number of fused-ring (bicyclic) bond motifs is 3. The highest BCUT2D eigenvalue weighted by molar-refractivity contribution is 5.84. The molecule has 1 aliphatic rings. The molecule has 0 fully saturated rings. The predicted octanol–water partition coefficient (Wildman–Crippen LogP) is 2.86. The SMILES string of the molecule is CC(=O)O.CC(=O)O.CC(=O)O.COc1cc2c(c(O)c1OC)-c1cc(O)c(O)cc1CC2. The lowest BCUT2D eigenvalue weighted by atomic mass is 9.84. The van der Waals surface area contributed by atoms with Crippen LogP contribution in [0, 0.1) is 0 Å². The average molecular weight is 468 g/mol. The molecule has 0 amide bonds. The standard InChI is InChI=1S/C16H16O5.3C2H4O2/c1-20-13-6-9-4-3-8-5-11(17)12(18)7-10(8)14(9)15(19)16(13)21-2;3*1-2(3)4/h5-7,17-19H,3-4H2,1-2H3;3*1H3,(H,3,4). The lowest BCUT2D eigenvalue weighted by molar-refractivity contribution is -0.135. The van der Waals surface area contributed by atoms with Crippen molar-refractivity contribution in [2.45, 2.75) is 33.6 Å². The van der Waals surface area contributed by atoms with Crippen LogP contribution in [0.3, 0.4) is 0 Å². The second-order valence-electron chi connectivity index (χ2n) is 6.55. The van der Waals surface area contributed by atoms with Gasteiger partial charge in [-0.25, -0.2) is 0 Å². The minimum Gasteiger partial charge on any atom is -0.504 e. The molecule has 0 saturated carbocycles. The zero-order valence-corrected chi connectivity index (χ0v) is 18.9. The zero-order valence-electron chi connectivity index (χ0n) is 18.9. The van der Waals surface area contributed by atoms with Crippen LogP contribution in [0.1, 0.15) is 31.9 Å². The molecule has 0 aromatic heterocycles. The summed E-state index contributed by atoms with van der Waals surface area (Å²) < 4.78 is 10.5. The molecule has 33 heavy (non-hydrogen) atoms. The Morgan fingerprint density at radius 3 is 1.58 bits per heavy atom. The fourth-order valence-electron chi connectivity index (χ4n) is 2.85. The fraction of sp³-hybridized carbons (Fsp3) is 0.318. The van der Waals surface area contributed by atoms with Crippen molar-refractivity contribution in [2.75, 3.05) is 14.2 Å². The first-order valence-electron chi connectivity index (χ1n) is 9.37. The summed E-state index contributed by atoms with van der Waals surface area (Å²) in [7, 11) is 2.98. The summed E-state index contributed by atoms with van der Waals surface area (Å²) in [4.78, 5) is 27.0. The minimum atomic E-state index is -0.833. The normalized spacial score (nSPS) is 10.2. The largest absolute Gasteiger partial charge is 0.504 e. The van der Waals surface area contributed by atoms with E-state index in [9.17, 15) is 15.3 Å². The number of phenolic OH excluding ortho intramolecular Hbond substituents is 3. The van der Waals surface area contributed by atoms with E-state index in [-0.39, 0.29) is 23.0 Å². The van der Waals surface area contributed by atoms with Gasteiger partial charge in [0.05, 0.1) is 14.2 Å². The Hall–Kier alpha value is -4.15. The number of hydrogen-bond acceptors (Lipinski definition) is 8. The number of carboxylic acid groups (broad SMARTS) is 3. The van der Waals surface area contributed by atoms with Gasteiger partial charge in [-0.1, -0.05) is 0 Å². The molecule has 3 rings (SSSR count). The Balaban J connectivity index is 0.000000713. The molecule has 0 bridgehead atoms. The predicted molar refractivity (Wildman–Crippen MR) is 117 cm³/mol. The summed E-state index contributed by atoms with van der Waals surface area (Å²) in [6.07, 6.45) is 1.42. The average Bonchev–Trinajstić information content (AvgIpc) is 2.67. The summed E-state index contributed by atoms with van der Waals surface area (Å²) in [5, 5.41) is 52.1.